The zero-order chi connectivity index (χ0) is 21.9. The van der Waals surface area contributed by atoms with Crippen LogP contribution in [0.1, 0.15) is 18.9 Å². The Morgan fingerprint density at radius 2 is 1.83 bits per heavy atom. The molecule has 30 heavy (non-hydrogen) atoms. The normalized spacial score (nSPS) is 12.4. The first-order chi connectivity index (χ1) is 14.2. The van der Waals surface area contributed by atoms with Crippen molar-refractivity contribution < 1.29 is 17.6 Å². The van der Waals surface area contributed by atoms with Gasteiger partial charge in [0.15, 0.2) is 0 Å². The van der Waals surface area contributed by atoms with Gasteiger partial charge in [0.25, 0.3) is 0 Å². The zero-order valence-electron chi connectivity index (χ0n) is 16.7. The number of nitrogens with one attached hydrogen (secondary N) is 1. The molecule has 0 saturated heterocycles. The van der Waals surface area contributed by atoms with E-state index in [1.165, 1.54) is 29.5 Å². The minimum Gasteiger partial charge on any atom is -0.299 e. The number of aromatic nitrogens is 2. The van der Waals surface area contributed by atoms with E-state index < -0.39 is 27.8 Å². The quantitative estimate of drug-likeness (QED) is 0.593. The van der Waals surface area contributed by atoms with Crippen molar-refractivity contribution in [3.63, 3.8) is 0 Å². The Hall–Kier alpha value is -2.85. The lowest BCUT2D eigenvalue weighted by Crippen LogP contribution is -2.47. The van der Waals surface area contributed by atoms with Gasteiger partial charge in [-0.25, -0.2) is 12.8 Å². The van der Waals surface area contributed by atoms with Crippen molar-refractivity contribution in [3.8, 4) is 10.6 Å². The van der Waals surface area contributed by atoms with Crippen LogP contribution in [0, 0.1) is 12.7 Å². The first-order valence-corrected chi connectivity index (χ1v) is 11.8. The number of carbonyl (C=O) groups excluding carboxylic acids is 1. The van der Waals surface area contributed by atoms with Gasteiger partial charge in [0.1, 0.15) is 16.9 Å². The average Bonchev–Trinajstić information content (AvgIpc) is 3.14. The summed E-state index contributed by atoms with van der Waals surface area (Å²) in [6.45, 7) is 3.63. The predicted octanol–water partition coefficient (Wildman–Crippen LogP) is 3.84. The van der Waals surface area contributed by atoms with Crippen LogP contribution in [0.15, 0.2) is 48.5 Å². The third-order valence-electron chi connectivity index (χ3n) is 4.37. The number of aryl methyl sites for hydroxylation is 1. The molecule has 2 aromatic carbocycles. The fraction of sp³-hybridized carbons (Fsp3) is 0.250. The van der Waals surface area contributed by atoms with E-state index in [-0.39, 0.29) is 17.2 Å². The highest BCUT2D eigenvalue weighted by molar-refractivity contribution is 7.92. The van der Waals surface area contributed by atoms with Crippen LogP contribution in [0.2, 0.25) is 0 Å². The molecule has 0 unspecified atom stereocenters. The molecule has 10 heteroatoms. The Labute approximate surface area is 178 Å². The lowest BCUT2D eigenvalue weighted by Gasteiger charge is -2.29. The second kappa shape index (κ2) is 8.88. The van der Waals surface area contributed by atoms with Crippen molar-refractivity contribution in [3.05, 3.63) is 59.9 Å². The van der Waals surface area contributed by atoms with Crippen LogP contribution in [0.4, 0.5) is 15.2 Å². The minimum absolute atomic E-state index is 0.136. The van der Waals surface area contributed by atoms with Crippen LogP contribution in [-0.4, -0.2) is 36.8 Å². The van der Waals surface area contributed by atoms with Gasteiger partial charge < -0.3 is 0 Å². The molecule has 0 bridgehead atoms. The molecule has 0 spiro atoms. The van der Waals surface area contributed by atoms with Crippen molar-refractivity contribution >= 4 is 38.1 Å². The molecule has 1 heterocycles. The summed E-state index contributed by atoms with van der Waals surface area (Å²) in [4.78, 5) is 12.9. The lowest BCUT2D eigenvalue weighted by atomic mass is 10.2. The van der Waals surface area contributed by atoms with Crippen molar-refractivity contribution in [1.82, 2.24) is 10.2 Å². The summed E-state index contributed by atoms with van der Waals surface area (Å²) in [5.74, 6) is -1.34. The SMILES string of the molecule is CC[C@@H](C(=O)Nc1nnc(-c2ccc(C)cc2)s1)N(c1ccccc1F)S(C)(=O)=O. The maximum atomic E-state index is 14.3. The first-order valence-electron chi connectivity index (χ1n) is 9.16. The highest BCUT2D eigenvalue weighted by atomic mass is 32.2. The zero-order valence-corrected chi connectivity index (χ0v) is 18.3. The number of nitrogens with zero attached hydrogens (tertiary/aromatic N) is 3. The van der Waals surface area contributed by atoms with E-state index in [2.05, 4.69) is 15.5 Å². The maximum Gasteiger partial charge on any atom is 0.250 e. The van der Waals surface area contributed by atoms with Gasteiger partial charge in [0.05, 0.1) is 11.9 Å². The number of anilines is 2. The third kappa shape index (κ3) is 4.82. The van der Waals surface area contributed by atoms with Gasteiger partial charge >= 0.3 is 0 Å². The lowest BCUT2D eigenvalue weighted by molar-refractivity contribution is -0.117. The summed E-state index contributed by atoms with van der Waals surface area (Å²) in [6.07, 6.45) is 1.08. The fourth-order valence-corrected chi connectivity index (χ4v) is 4.91. The predicted molar refractivity (Wildman–Crippen MR) is 117 cm³/mol. The monoisotopic (exact) mass is 448 g/mol. The molecule has 7 nitrogen and oxygen atoms in total. The summed E-state index contributed by atoms with van der Waals surface area (Å²) in [6, 6.07) is 12.0. The molecule has 0 fully saturated rings. The minimum atomic E-state index is -3.93. The van der Waals surface area contributed by atoms with E-state index in [1.807, 2.05) is 31.2 Å². The Morgan fingerprint density at radius 1 is 1.17 bits per heavy atom. The molecular formula is C20H21FN4O3S2. The number of amides is 1. The second-order valence-electron chi connectivity index (χ2n) is 6.70. The standard InChI is InChI=1S/C20H21FN4O3S2/c1-4-16(25(30(3,27)28)17-8-6-5-7-15(17)21)18(26)22-20-24-23-19(29-20)14-11-9-13(2)10-12-14/h5-12,16H,4H2,1-3H3,(H,22,24,26)/t16-/m0/s1. The number of halogens is 1. The summed E-state index contributed by atoms with van der Waals surface area (Å²) < 4.78 is 39.9. The molecule has 0 aliphatic heterocycles. The molecule has 0 saturated carbocycles. The average molecular weight is 449 g/mol. The Balaban J connectivity index is 1.87. The van der Waals surface area contributed by atoms with E-state index in [0.29, 0.717) is 5.01 Å². The molecule has 1 aromatic heterocycles. The van der Waals surface area contributed by atoms with Crippen LogP contribution in [0.25, 0.3) is 10.6 Å². The topological polar surface area (TPSA) is 92.3 Å². The largest absolute Gasteiger partial charge is 0.299 e. The first kappa shape index (κ1) is 21.8. The van der Waals surface area contributed by atoms with Crippen LogP contribution >= 0.6 is 11.3 Å². The Kier molecular flexibility index (Phi) is 6.47. The molecule has 1 N–H and O–H groups in total. The highest BCUT2D eigenvalue weighted by Gasteiger charge is 2.33. The van der Waals surface area contributed by atoms with E-state index in [9.17, 15) is 17.6 Å². The number of rotatable bonds is 7. The van der Waals surface area contributed by atoms with Crippen molar-refractivity contribution in [1.29, 1.82) is 0 Å². The van der Waals surface area contributed by atoms with Crippen LogP contribution in [-0.2, 0) is 14.8 Å². The number of sulfonamides is 1. The molecule has 3 aromatic rings. The number of para-hydroxylation sites is 1. The molecule has 0 radical (unpaired) electrons. The Morgan fingerprint density at radius 3 is 2.43 bits per heavy atom. The summed E-state index contributed by atoms with van der Waals surface area (Å²) >= 11 is 1.17. The molecule has 1 amide bonds. The number of benzene rings is 2. The van der Waals surface area contributed by atoms with E-state index >= 15 is 0 Å². The van der Waals surface area contributed by atoms with Gasteiger partial charge in [-0.2, -0.15) is 0 Å². The molecule has 158 valence electrons. The highest BCUT2D eigenvalue weighted by Crippen LogP contribution is 2.29. The summed E-state index contributed by atoms with van der Waals surface area (Å²) in [5.41, 5.74) is 1.78. The van der Waals surface area contributed by atoms with Gasteiger partial charge in [0, 0.05) is 5.56 Å². The van der Waals surface area contributed by atoms with Crippen molar-refractivity contribution in [2.45, 2.75) is 26.3 Å². The molecular weight excluding hydrogens is 427 g/mol. The van der Waals surface area contributed by atoms with Crippen molar-refractivity contribution in [2.24, 2.45) is 0 Å². The third-order valence-corrected chi connectivity index (χ3v) is 6.43. The Bertz CT molecular complexity index is 1150. The summed E-state index contributed by atoms with van der Waals surface area (Å²) in [5, 5.41) is 11.5. The van der Waals surface area contributed by atoms with Gasteiger partial charge in [-0.1, -0.05) is 60.2 Å². The van der Waals surface area contributed by atoms with Crippen molar-refractivity contribution in [2.75, 3.05) is 15.9 Å². The molecule has 0 aliphatic carbocycles. The number of carbonyl (C=O) groups is 1. The fourth-order valence-electron chi connectivity index (χ4n) is 2.94. The van der Waals surface area contributed by atoms with Gasteiger partial charge in [-0.05, 0) is 25.5 Å². The molecule has 0 aliphatic rings. The second-order valence-corrected chi connectivity index (χ2v) is 9.54. The smallest absolute Gasteiger partial charge is 0.250 e. The van der Waals surface area contributed by atoms with Crippen LogP contribution in [0.5, 0.6) is 0 Å². The van der Waals surface area contributed by atoms with Crippen LogP contribution in [0.3, 0.4) is 0 Å². The van der Waals surface area contributed by atoms with E-state index in [4.69, 9.17) is 0 Å². The van der Waals surface area contributed by atoms with Crippen LogP contribution < -0.4 is 9.62 Å². The number of hydrogen-bond donors (Lipinski definition) is 1. The molecule has 1 atom stereocenters. The van der Waals surface area contributed by atoms with E-state index in [1.54, 1.807) is 6.92 Å². The number of hydrogen-bond acceptors (Lipinski definition) is 6. The summed E-state index contributed by atoms with van der Waals surface area (Å²) in [7, 11) is -3.93. The maximum absolute atomic E-state index is 14.3. The van der Waals surface area contributed by atoms with Gasteiger partial charge in [-0.15, -0.1) is 10.2 Å². The van der Waals surface area contributed by atoms with Gasteiger partial charge in [-0.3, -0.25) is 14.4 Å². The van der Waals surface area contributed by atoms with Gasteiger partial charge in [0.2, 0.25) is 21.1 Å². The molecule has 3 rings (SSSR count). The van der Waals surface area contributed by atoms with E-state index in [0.717, 1.165) is 27.8 Å².